The lowest BCUT2D eigenvalue weighted by Crippen LogP contribution is -2.21. The minimum absolute atomic E-state index is 0.259. The van der Waals surface area contributed by atoms with Crippen molar-refractivity contribution < 1.29 is 28.5 Å². The zero-order valence-electron chi connectivity index (χ0n) is 18.7. The van der Waals surface area contributed by atoms with E-state index >= 15 is 0 Å². The van der Waals surface area contributed by atoms with Crippen LogP contribution in [0.5, 0.6) is 17.2 Å². The van der Waals surface area contributed by atoms with Crippen molar-refractivity contribution in [3.05, 3.63) is 83.9 Å². The molecule has 0 aliphatic rings. The van der Waals surface area contributed by atoms with E-state index in [-0.39, 0.29) is 5.56 Å². The number of rotatable bonds is 11. The molecule has 172 valence electrons. The molecule has 0 radical (unpaired) electrons. The summed E-state index contributed by atoms with van der Waals surface area (Å²) >= 11 is 0. The number of benzene rings is 3. The minimum Gasteiger partial charge on any atom is -0.490 e. The van der Waals surface area contributed by atoms with Gasteiger partial charge in [0.1, 0.15) is 19.0 Å². The third-order valence-corrected chi connectivity index (χ3v) is 4.59. The molecular weight excluding hydrogens is 422 g/mol. The standard InChI is InChI=1S/C26H27NO6/c1-3-30-24-17-20(13-14-23(24)32-16-15-31-21-10-5-4-6-11-21)26(29)33-18-25(28)27-22-12-8-7-9-19(22)2/h4-14,17H,3,15-16,18H2,1-2H3,(H,27,28). The fourth-order valence-electron chi connectivity index (χ4n) is 2.96. The molecule has 0 aromatic heterocycles. The first-order valence-electron chi connectivity index (χ1n) is 10.7. The van der Waals surface area contributed by atoms with Crippen molar-refractivity contribution in [3.63, 3.8) is 0 Å². The van der Waals surface area contributed by atoms with Crippen LogP contribution in [0.25, 0.3) is 0 Å². The molecule has 0 heterocycles. The maximum absolute atomic E-state index is 12.4. The first kappa shape index (κ1) is 23.7. The molecule has 0 spiro atoms. The topological polar surface area (TPSA) is 83.1 Å². The van der Waals surface area contributed by atoms with Crippen molar-refractivity contribution in [1.82, 2.24) is 0 Å². The number of hydrogen-bond acceptors (Lipinski definition) is 6. The second-order valence-corrected chi connectivity index (χ2v) is 7.04. The van der Waals surface area contributed by atoms with Crippen LogP contribution in [-0.2, 0) is 9.53 Å². The van der Waals surface area contributed by atoms with Gasteiger partial charge in [-0.25, -0.2) is 4.79 Å². The molecule has 0 aliphatic heterocycles. The highest BCUT2D eigenvalue weighted by Gasteiger charge is 2.15. The van der Waals surface area contributed by atoms with Gasteiger partial charge in [-0.3, -0.25) is 4.79 Å². The number of aryl methyl sites for hydroxylation is 1. The third-order valence-electron chi connectivity index (χ3n) is 4.59. The summed E-state index contributed by atoms with van der Waals surface area (Å²) in [4.78, 5) is 24.6. The highest BCUT2D eigenvalue weighted by molar-refractivity contribution is 5.96. The lowest BCUT2D eigenvalue weighted by atomic mass is 10.2. The van der Waals surface area contributed by atoms with E-state index in [1.165, 1.54) is 0 Å². The molecule has 0 bridgehead atoms. The Hall–Kier alpha value is -4.00. The van der Waals surface area contributed by atoms with E-state index in [9.17, 15) is 9.59 Å². The first-order chi connectivity index (χ1) is 16.1. The molecule has 0 saturated carbocycles. The molecule has 33 heavy (non-hydrogen) atoms. The van der Waals surface area contributed by atoms with Gasteiger partial charge in [0.15, 0.2) is 18.1 Å². The lowest BCUT2D eigenvalue weighted by Gasteiger charge is -2.14. The summed E-state index contributed by atoms with van der Waals surface area (Å²) in [6.07, 6.45) is 0. The number of esters is 1. The Balaban J connectivity index is 1.53. The Bertz CT molecular complexity index is 1070. The predicted molar refractivity (Wildman–Crippen MR) is 125 cm³/mol. The fourth-order valence-corrected chi connectivity index (χ4v) is 2.96. The molecule has 1 amide bonds. The van der Waals surface area contributed by atoms with Gasteiger partial charge in [0.2, 0.25) is 0 Å². The van der Waals surface area contributed by atoms with Crippen LogP contribution in [0.15, 0.2) is 72.8 Å². The van der Waals surface area contributed by atoms with Gasteiger partial charge < -0.3 is 24.3 Å². The van der Waals surface area contributed by atoms with Gasteiger partial charge in [-0.05, 0) is 55.8 Å². The number of ether oxygens (including phenoxy) is 4. The number of amides is 1. The predicted octanol–water partition coefficient (Wildman–Crippen LogP) is 4.65. The molecule has 0 fully saturated rings. The summed E-state index contributed by atoms with van der Waals surface area (Å²) in [5, 5.41) is 2.73. The number of carbonyl (C=O) groups excluding carboxylic acids is 2. The Morgan fingerprint density at radius 3 is 2.30 bits per heavy atom. The number of anilines is 1. The van der Waals surface area contributed by atoms with Crippen molar-refractivity contribution in [2.45, 2.75) is 13.8 Å². The molecule has 0 atom stereocenters. The largest absolute Gasteiger partial charge is 0.490 e. The van der Waals surface area contributed by atoms with Crippen molar-refractivity contribution in [3.8, 4) is 17.2 Å². The molecule has 3 aromatic carbocycles. The van der Waals surface area contributed by atoms with Crippen LogP contribution in [0.4, 0.5) is 5.69 Å². The summed E-state index contributed by atoms with van der Waals surface area (Å²) in [5.74, 6) is 0.616. The molecule has 1 N–H and O–H groups in total. The number of nitrogens with one attached hydrogen (secondary N) is 1. The number of hydrogen-bond donors (Lipinski definition) is 1. The molecule has 0 unspecified atom stereocenters. The number of para-hydroxylation sites is 2. The highest BCUT2D eigenvalue weighted by atomic mass is 16.5. The van der Waals surface area contributed by atoms with Crippen LogP contribution in [0.1, 0.15) is 22.8 Å². The maximum Gasteiger partial charge on any atom is 0.338 e. The van der Waals surface area contributed by atoms with Gasteiger partial charge in [0.05, 0.1) is 12.2 Å². The van der Waals surface area contributed by atoms with Crippen LogP contribution < -0.4 is 19.5 Å². The van der Waals surface area contributed by atoms with Crippen LogP contribution in [0.3, 0.4) is 0 Å². The quantitative estimate of drug-likeness (QED) is 0.339. The molecule has 3 aromatic rings. The van der Waals surface area contributed by atoms with Crippen molar-refractivity contribution in [2.24, 2.45) is 0 Å². The molecule has 0 saturated heterocycles. The van der Waals surface area contributed by atoms with E-state index in [1.54, 1.807) is 24.3 Å². The average molecular weight is 450 g/mol. The third kappa shape index (κ3) is 7.28. The van der Waals surface area contributed by atoms with E-state index in [0.29, 0.717) is 37.0 Å². The van der Waals surface area contributed by atoms with Gasteiger partial charge in [-0.2, -0.15) is 0 Å². The SMILES string of the molecule is CCOc1cc(C(=O)OCC(=O)Nc2ccccc2C)ccc1OCCOc1ccccc1. The molecule has 7 heteroatoms. The van der Waals surface area contributed by atoms with Gasteiger partial charge >= 0.3 is 5.97 Å². The second-order valence-electron chi connectivity index (χ2n) is 7.04. The molecular formula is C26H27NO6. The summed E-state index contributed by atoms with van der Waals surface area (Å²) in [7, 11) is 0. The average Bonchev–Trinajstić information content (AvgIpc) is 2.83. The van der Waals surface area contributed by atoms with Gasteiger partial charge in [0.25, 0.3) is 5.91 Å². The van der Waals surface area contributed by atoms with E-state index in [0.717, 1.165) is 11.3 Å². The second kappa shape index (κ2) is 12.1. The van der Waals surface area contributed by atoms with Crippen molar-refractivity contribution >= 4 is 17.6 Å². The van der Waals surface area contributed by atoms with Crippen LogP contribution >= 0.6 is 0 Å². The highest BCUT2D eigenvalue weighted by Crippen LogP contribution is 2.29. The van der Waals surface area contributed by atoms with Gasteiger partial charge in [-0.15, -0.1) is 0 Å². The van der Waals surface area contributed by atoms with E-state index in [4.69, 9.17) is 18.9 Å². The Morgan fingerprint density at radius 1 is 0.818 bits per heavy atom. The monoisotopic (exact) mass is 449 g/mol. The van der Waals surface area contributed by atoms with E-state index < -0.39 is 18.5 Å². The zero-order valence-corrected chi connectivity index (χ0v) is 18.7. The first-order valence-corrected chi connectivity index (χ1v) is 10.7. The normalized spacial score (nSPS) is 10.2. The smallest absolute Gasteiger partial charge is 0.338 e. The van der Waals surface area contributed by atoms with Gasteiger partial charge in [-0.1, -0.05) is 36.4 Å². The molecule has 7 nitrogen and oxygen atoms in total. The summed E-state index contributed by atoms with van der Waals surface area (Å²) < 4.78 is 22.1. The Kier molecular flexibility index (Phi) is 8.71. The lowest BCUT2D eigenvalue weighted by molar-refractivity contribution is -0.119. The fraction of sp³-hybridized carbons (Fsp3) is 0.231. The van der Waals surface area contributed by atoms with Crippen LogP contribution in [-0.4, -0.2) is 38.3 Å². The maximum atomic E-state index is 12.4. The Morgan fingerprint density at radius 2 is 1.55 bits per heavy atom. The van der Waals surface area contributed by atoms with E-state index in [2.05, 4.69) is 5.32 Å². The minimum atomic E-state index is -0.630. The summed E-state index contributed by atoms with van der Waals surface area (Å²) in [5.41, 5.74) is 1.85. The summed E-state index contributed by atoms with van der Waals surface area (Å²) in [6, 6.07) is 21.6. The van der Waals surface area contributed by atoms with Crippen molar-refractivity contribution in [1.29, 1.82) is 0 Å². The van der Waals surface area contributed by atoms with Gasteiger partial charge in [0, 0.05) is 5.69 Å². The van der Waals surface area contributed by atoms with Crippen LogP contribution in [0.2, 0.25) is 0 Å². The van der Waals surface area contributed by atoms with Crippen LogP contribution in [0, 0.1) is 6.92 Å². The Labute approximate surface area is 193 Å². The summed E-state index contributed by atoms with van der Waals surface area (Å²) in [6.45, 7) is 4.38. The number of carbonyl (C=O) groups is 2. The van der Waals surface area contributed by atoms with E-state index in [1.807, 2.05) is 62.4 Å². The zero-order chi connectivity index (χ0) is 23.5. The molecule has 0 aliphatic carbocycles. The van der Waals surface area contributed by atoms with Crippen molar-refractivity contribution in [2.75, 3.05) is 31.7 Å². The molecule has 3 rings (SSSR count).